The summed E-state index contributed by atoms with van der Waals surface area (Å²) in [5.41, 5.74) is 0.213. The second-order valence-corrected chi connectivity index (χ2v) is 7.85. The van der Waals surface area contributed by atoms with Crippen molar-refractivity contribution in [2.45, 2.75) is 51.0 Å². The van der Waals surface area contributed by atoms with Crippen molar-refractivity contribution in [2.75, 3.05) is 20.1 Å². The molecule has 25 heavy (non-hydrogen) atoms. The van der Waals surface area contributed by atoms with Crippen LogP contribution in [0.4, 0.5) is 4.79 Å². The summed E-state index contributed by atoms with van der Waals surface area (Å²) in [7, 11) is 1.67. The molecule has 8 heteroatoms. The fourth-order valence-electron chi connectivity index (χ4n) is 3.72. The van der Waals surface area contributed by atoms with E-state index < -0.39 is 5.54 Å². The fourth-order valence-corrected chi connectivity index (χ4v) is 4.37. The van der Waals surface area contributed by atoms with E-state index in [-0.39, 0.29) is 24.4 Å². The number of hydrogen-bond donors (Lipinski definition) is 1. The third kappa shape index (κ3) is 3.40. The largest absolute Gasteiger partial charge is 0.354 e. The molecule has 3 rings (SSSR count). The Labute approximate surface area is 151 Å². The molecule has 2 heterocycles. The van der Waals surface area contributed by atoms with E-state index in [0.717, 1.165) is 34.9 Å². The Balaban J connectivity index is 1.55. The lowest BCUT2D eigenvalue weighted by atomic mass is 9.81. The molecule has 1 aliphatic heterocycles. The van der Waals surface area contributed by atoms with Gasteiger partial charge in [-0.2, -0.15) is 0 Å². The number of nitrogens with one attached hydrogen (secondary N) is 1. The van der Waals surface area contributed by atoms with Crippen molar-refractivity contribution in [3.63, 3.8) is 0 Å². The van der Waals surface area contributed by atoms with Crippen LogP contribution in [0.2, 0.25) is 0 Å². The number of aromatic nitrogens is 1. The van der Waals surface area contributed by atoms with Crippen LogP contribution in [-0.4, -0.2) is 58.3 Å². The highest BCUT2D eigenvalue weighted by Crippen LogP contribution is 2.39. The van der Waals surface area contributed by atoms with Crippen LogP contribution in [0.15, 0.2) is 5.38 Å². The Morgan fingerprint density at radius 1 is 1.32 bits per heavy atom. The molecule has 0 aromatic carbocycles. The summed E-state index contributed by atoms with van der Waals surface area (Å²) in [6.07, 6.45) is 4.99. The van der Waals surface area contributed by atoms with E-state index in [4.69, 9.17) is 0 Å². The number of carbonyl (C=O) groups is 3. The molecule has 0 radical (unpaired) electrons. The molecule has 1 aromatic rings. The predicted octanol–water partition coefficient (Wildman–Crippen LogP) is 1.71. The molecule has 0 unspecified atom stereocenters. The van der Waals surface area contributed by atoms with Gasteiger partial charge in [0.05, 0.1) is 10.7 Å². The molecule has 1 saturated carbocycles. The summed E-state index contributed by atoms with van der Waals surface area (Å²) in [6.45, 7) is 2.17. The predicted molar refractivity (Wildman–Crippen MR) is 94.3 cm³/mol. The Morgan fingerprint density at radius 3 is 2.68 bits per heavy atom. The standard InChI is InChI=1S/C17H24N4O3S/c1-12-19-13(11-25-12)6-9-18-14(22)10-21-15(23)17(20(2)16(21)24)7-4-3-5-8-17/h11H,3-10H2,1-2H3,(H,18,22). The number of nitrogens with zero attached hydrogens (tertiary/aromatic N) is 3. The smallest absolute Gasteiger partial charge is 0.327 e. The van der Waals surface area contributed by atoms with Crippen LogP contribution in [0.1, 0.15) is 42.8 Å². The van der Waals surface area contributed by atoms with Crippen molar-refractivity contribution < 1.29 is 14.4 Å². The number of hydrogen-bond acceptors (Lipinski definition) is 5. The van der Waals surface area contributed by atoms with Crippen molar-refractivity contribution in [2.24, 2.45) is 0 Å². The molecule has 136 valence electrons. The Bertz CT molecular complexity index is 681. The van der Waals surface area contributed by atoms with Gasteiger partial charge in [-0.15, -0.1) is 11.3 Å². The van der Waals surface area contributed by atoms with Gasteiger partial charge in [0, 0.05) is 25.4 Å². The number of aryl methyl sites for hydroxylation is 1. The van der Waals surface area contributed by atoms with Gasteiger partial charge in [0.15, 0.2) is 0 Å². The van der Waals surface area contributed by atoms with Crippen LogP contribution in [0.3, 0.4) is 0 Å². The number of rotatable bonds is 5. The molecule has 2 fully saturated rings. The van der Waals surface area contributed by atoms with Crippen molar-refractivity contribution in [1.82, 2.24) is 20.1 Å². The van der Waals surface area contributed by atoms with E-state index in [1.54, 1.807) is 23.3 Å². The van der Waals surface area contributed by atoms with Crippen molar-refractivity contribution in [3.8, 4) is 0 Å². The molecule has 1 aliphatic carbocycles. The lowest BCUT2D eigenvalue weighted by Gasteiger charge is -2.35. The number of urea groups is 1. The molecule has 7 nitrogen and oxygen atoms in total. The van der Waals surface area contributed by atoms with Gasteiger partial charge in [0.2, 0.25) is 5.91 Å². The highest BCUT2D eigenvalue weighted by molar-refractivity contribution is 7.09. The average Bonchev–Trinajstić information content (AvgIpc) is 3.09. The minimum atomic E-state index is -0.728. The number of imide groups is 1. The SMILES string of the molecule is Cc1nc(CCNC(=O)CN2C(=O)N(C)C3(CCCCC3)C2=O)cs1. The second kappa shape index (κ2) is 7.11. The molecule has 0 bridgehead atoms. The lowest BCUT2D eigenvalue weighted by Crippen LogP contribution is -2.49. The number of carbonyl (C=O) groups excluding carboxylic acids is 3. The second-order valence-electron chi connectivity index (χ2n) is 6.78. The molecule has 1 aromatic heterocycles. The van der Waals surface area contributed by atoms with E-state index in [0.29, 0.717) is 25.8 Å². The molecular weight excluding hydrogens is 340 g/mol. The quantitative estimate of drug-likeness (QED) is 0.806. The first-order valence-electron chi connectivity index (χ1n) is 8.71. The summed E-state index contributed by atoms with van der Waals surface area (Å²) in [5, 5.41) is 5.74. The zero-order valence-corrected chi connectivity index (χ0v) is 15.5. The fraction of sp³-hybridized carbons (Fsp3) is 0.647. The summed E-state index contributed by atoms with van der Waals surface area (Å²) >= 11 is 1.58. The van der Waals surface area contributed by atoms with Gasteiger partial charge in [-0.3, -0.25) is 14.5 Å². The number of amides is 4. The van der Waals surface area contributed by atoms with Crippen LogP contribution >= 0.6 is 11.3 Å². The van der Waals surface area contributed by atoms with E-state index >= 15 is 0 Å². The Hall–Kier alpha value is -1.96. The zero-order valence-electron chi connectivity index (χ0n) is 14.7. The molecular formula is C17H24N4O3S. The van der Waals surface area contributed by atoms with Gasteiger partial charge < -0.3 is 10.2 Å². The van der Waals surface area contributed by atoms with Gasteiger partial charge in [0.1, 0.15) is 12.1 Å². The van der Waals surface area contributed by atoms with Crippen molar-refractivity contribution >= 4 is 29.2 Å². The van der Waals surface area contributed by atoms with Crippen LogP contribution in [0.25, 0.3) is 0 Å². The van der Waals surface area contributed by atoms with E-state index in [9.17, 15) is 14.4 Å². The number of thiazole rings is 1. The molecule has 1 saturated heterocycles. The van der Waals surface area contributed by atoms with Gasteiger partial charge >= 0.3 is 6.03 Å². The monoisotopic (exact) mass is 364 g/mol. The molecule has 4 amide bonds. The minimum Gasteiger partial charge on any atom is -0.354 e. The van der Waals surface area contributed by atoms with E-state index in [1.165, 1.54) is 0 Å². The van der Waals surface area contributed by atoms with Crippen LogP contribution in [0, 0.1) is 6.92 Å². The van der Waals surface area contributed by atoms with Crippen molar-refractivity contribution in [3.05, 3.63) is 16.1 Å². The van der Waals surface area contributed by atoms with E-state index in [1.807, 2.05) is 12.3 Å². The first kappa shape index (κ1) is 17.8. The summed E-state index contributed by atoms with van der Waals surface area (Å²) < 4.78 is 0. The third-order valence-electron chi connectivity index (χ3n) is 5.16. The van der Waals surface area contributed by atoms with Gasteiger partial charge in [0.25, 0.3) is 5.91 Å². The maximum absolute atomic E-state index is 12.8. The van der Waals surface area contributed by atoms with Gasteiger partial charge in [-0.05, 0) is 19.8 Å². The summed E-state index contributed by atoms with van der Waals surface area (Å²) in [5.74, 6) is -0.528. The van der Waals surface area contributed by atoms with Crippen LogP contribution in [0.5, 0.6) is 0 Å². The summed E-state index contributed by atoms with van der Waals surface area (Å²) in [4.78, 5) is 44.4. The first-order chi connectivity index (χ1) is 11.9. The van der Waals surface area contributed by atoms with Crippen molar-refractivity contribution in [1.29, 1.82) is 0 Å². The molecule has 1 N–H and O–H groups in total. The maximum atomic E-state index is 12.8. The number of likely N-dealkylation sites (N-methyl/N-ethyl adjacent to an activating group) is 1. The minimum absolute atomic E-state index is 0.208. The highest BCUT2D eigenvalue weighted by Gasteiger charge is 2.55. The Kier molecular flexibility index (Phi) is 5.08. The lowest BCUT2D eigenvalue weighted by molar-refractivity contribution is -0.137. The first-order valence-corrected chi connectivity index (χ1v) is 9.59. The average molecular weight is 364 g/mol. The van der Waals surface area contributed by atoms with Crippen LogP contribution < -0.4 is 5.32 Å². The third-order valence-corrected chi connectivity index (χ3v) is 5.98. The molecule has 1 spiro atoms. The zero-order chi connectivity index (χ0) is 18.0. The van der Waals surface area contributed by atoms with Gasteiger partial charge in [-0.1, -0.05) is 19.3 Å². The summed E-state index contributed by atoms with van der Waals surface area (Å²) in [6, 6.07) is -0.364. The van der Waals surface area contributed by atoms with Gasteiger partial charge in [-0.25, -0.2) is 9.78 Å². The Morgan fingerprint density at radius 2 is 2.04 bits per heavy atom. The normalized spacial score (nSPS) is 19.8. The van der Waals surface area contributed by atoms with Crippen LogP contribution in [-0.2, 0) is 16.0 Å². The topological polar surface area (TPSA) is 82.6 Å². The molecule has 0 atom stereocenters. The van der Waals surface area contributed by atoms with E-state index in [2.05, 4.69) is 10.3 Å². The highest BCUT2D eigenvalue weighted by atomic mass is 32.1. The maximum Gasteiger partial charge on any atom is 0.327 e. The molecule has 2 aliphatic rings.